The zero-order valence-corrected chi connectivity index (χ0v) is 13.0. The van der Waals surface area contributed by atoms with E-state index in [2.05, 4.69) is 36.9 Å². The van der Waals surface area contributed by atoms with Crippen LogP contribution in [0.4, 0.5) is 0 Å². The van der Waals surface area contributed by atoms with E-state index in [-0.39, 0.29) is 6.04 Å². The Balaban J connectivity index is 2.16. The SMILES string of the molecule is CCOc1ccccc1C(CN)N1CCC(C(C)C)C1. The molecule has 1 heterocycles. The molecule has 1 aliphatic heterocycles. The maximum absolute atomic E-state index is 6.07. The zero-order chi connectivity index (χ0) is 14.5. The van der Waals surface area contributed by atoms with E-state index in [1.165, 1.54) is 12.0 Å². The number of benzene rings is 1. The second kappa shape index (κ2) is 7.09. The van der Waals surface area contributed by atoms with Crippen molar-refractivity contribution in [1.82, 2.24) is 4.90 Å². The lowest BCUT2D eigenvalue weighted by molar-refractivity contribution is 0.224. The van der Waals surface area contributed by atoms with E-state index in [9.17, 15) is 0 Å². The van der Waals surface area contributed by atoms with Crippen molar-refractivity contribution >= 4 is 0 Å². The normalized spacial score (nSPS) is 21.4. The first kappa shape index (κ1) is 15.3. The molecule has 1 aliphatic rings. The third-order valence-electron chi connectivity index (χ3n) is 4.44. The Kier molecular flexibility index (Phi) is 5.44. The van der Waals surface area contributed by atoms with Crippen LogP contribution >= 0.6 is 0 Å². The fourth-order valence-corrected chi connectivity index (χ4v) is 3.16. The average molecular weight is 276 g/mol. The maximum Gasteiger partial charge on any atom is 0.124 e. The van der Waals surface area contributed by atoms with Crippen molar-refractivity contribution in [3.8, 4) is 5.75 Å². The molecular formula is C17H28N2O. The summed E-state index contributed by atoms with van der Waals surface area (Å²) >= 11 is 0. The van der Waals surface area contributed by atoms with Crippen LogP contribution in [0.25, 0.3) is 0 Å². The molecule has 0 spiro atoms. The van der Waals surface area contributed by atoms with Gasteiger partial charge < -0.3 is 10.5 Å². The maximum atomic E-state index is 6.07. The van der Waals surface area contributed by atoms with Crippen LogP contribution < -0.4 is 10.5 Å². The molecule has 0 aromatic heterocycles. The zero-order valence-electron chi connectivity index (χ0n) is 13.0. The molecule has 2 unspecified atom stereocenters. The Morgan fingerprint density at radius 2 is 2.10 bits per heavy atom. The molecule has 20 heavy (non-hydrogen) atoms. The van der Waals surface area contributed by atoms with E-state index in [4.69, 9.17) is 10.5 Å². The Hall–Kier alpha value is -1.06. The summed E-state index contributed by atoms with van der Waals surface area (Å²) < 4.78 is 5.77. The first-order valence-corrected chi connectivity index (χ1v) is 7.83. The smallest absolute Gasteiger partial charge is 0.124 e. The molecule has 2 N–H and O–H groups in total. The lowest BCUT2D eigenvalue weighted by Crippen LogP contribution is -2.32. The highest BCUT2D eigenvalue weighted by atomic mass is 16.5. The second-order valence-electron chi connectivity index (χ2n) is 6.01. The standard InChI is InChI=1S/C17H28N2O/c1-4-20-17-8-6-5-7-15(17)16(11-18)19-10-9-14(12-19)13(2)3/h5-8,13-14,16H,4,9-12,18H2,1-3H3. The number of likely N-dealkylation sites (tertiary alicyclic amines) is 1. The summed E-state index contributed by atoms with van der Waals surface area (Å²) in [4.78, 5) is 2.53. The van der Waals surface area contributed by atoms with Crippen molar-refractivity contribution in [2.45, 2.75) is 33.2 Å². The molecule has 1 fully saturated rings. The van der Waals surface area contributed by atoms with E-state index in [0.717, 1.165) is 30.7 Å². The lowest BCUT2D eigenvalue weighted by Gasteiger charge is -2.29. The van der Waals surface area contributed by atoms with Crippen LogP contribution in [0.1, 0.15) is 38.8 Å². The number of hydrogen-bond donors (Lipinski definition) is 1. The highest BCUT2D eigenvalue weighted by Crippen LogP contribution is 2.34. The summed E-state index contributed by atoms with van der Waals surface area (Å²) in [6.07, 6.45) is 1.28. The Morgan fingerprint density at radius 1 is 1.35 bits per heavy atom. The van der Waals surface area contributed by atoms with Crippen molar-refractivity contribution in [3.63, 3.8) is 0 Å². The molecule has 0 bridgehead atoms. The molecular weight excluding hydrogens is 248 g/mol. The molecule has 2 atom stereocenters. The van der Waals surface area contributed by atoms with Gasteiger partial charge in [-0.25, -0.2) is 0 Å². The van der Waals surface area contributed by atoms with Crippen molar-refractivity contribution in [1.29, 1.82) is 0 Å². The van der Waals surface area contributed by atoms with Crippen LogP contribution in [-0.2, 0) is 0 Å². The number of nitrogens with zero attached hydrogens (tertiary/aromatic N) is 1. The monoisotopic (exact) mass is 276 g/mol. The second-order valence-corrected chi connectivity index (χ2v) is 6.01. The van der Waals surface area contributed by atoms with Crippen LogP contribution in [0.5, 0.6) is 5.75 Å². The number of ether oxygens (including phenoxy) is 1. The molecule has 3 nitrogen and oxygen atoms in total. The summed E-state index contributed by atoms with van der Waals surface area (Å²) in [7, 11) is 0. The first-order chi connectivity index (χ1) is 9.67. The van der Waals surface area contributed by atoms with Gasteiger partial charge in [-0.05, 0) is 37.8 Å². The van der Waals surface area contributed by atoms with E-state index < -0.39 is 0 Å². The molecule has 0 aliphatic carbocycles. The molecule has 0 amide bonds. The van der Waals surface area contributed by atoms with Gasteiger partial charge in [0.1, 0.15) is 5.75 Å². The lowest BCUT2D eigenvalue weighted by atomic mass is 9.95. The molecule has 0 radical (unpaired) electrons. The molecule has 1 aromatic rings. The average Bonchev–Trinajstić information content (AvgIpc) is 2.92. The van der Waals surface area contributed by atoms with Gasteiger partial charge in [-0.15, -0.1) is 0 Å². The largest absolute Gasteiger partial charge is 0.494 e. The quantitative estimate of drug-likeness (QED) is 0.868. The molecule has 112 valence electrons. The Bertz CT molecular complexity index is 419. The molecule has 1 saturated heterocycles. The van der Waals surface area contributed by atoms with Crippen LogP contribution in [0.3, 0.4) is 0 Å². The molecule has 1 aromatic carbocycles. The molecule has 3 heteroatoms. The number of hydrogen-bond acceptors (Lipinski definition) is 3. The summed E-state index contributed by atoms with van der Waals surface area (Å²) in [5.41, 5.74) is 7.31. The highest BCUT2D eigenvalue weighted by molar-refractivity contribution is 5.36. The van der Waals surface area contributed by atoms with Crippen LogP contribution in [0.2, 0.25) is 0 Å². The van der Waals surface area contributed by atoms with Crippen LogP contribution in [0, 0.1) is 11.8 Å². The van der Waals surface area contributed by atoms with E-state index in [1.54, 1.807) is 0 Å². The number of rotatable bonds is 6. The summed E-state index contributed by atoms with van der Waals surface area (Å²) in [6, 6.07) is 8.60. The minimum atomic E-state index is 0.279. The predicted molar refractivity (Wildman–Crippen MR) is 83.9 cm³/mol. The van der Waals surface area contributed by atoms with Crippen LogP contribution in [-0.4, -0.2) is 31.1 Å². The summed E-state index contributed by atoms with van der Waals surface area (Å²) in [6.45, 7) is 10.3. The third-order valence-corrected chi connectivity index (χ3v) is 4.44. The van der Waals surface area contributed by atoms with Gasteiger partial charge in [0.15, 0.2) is 0 Å². The predicted octanol–water partition coefficient (Wildman–Crippen LogP) is 3.06. The first-order valence-electron chi connectivity index (χ1n) is 7.83. The number of para-hydroxylation sites is 1. The summed E-state index contributed by atoms with van der Waals surface area (Å²) in [5.74, 6) is 2.53. The van der Waals surface area contributed by atoms with Crippen molar-refractivity contribution in [3.05, 3.63) is 29.8 Å². The fourth-order valence-electron chi connectivity index (χ4n) is 3.16. The fraction of sp³-hybridized carbons (Fsp3) is 0.647. The van der Waals surface area contributed by atoms with Crippen molar-refractivity contribution < 1.29 is 4.74 Å². The van der Waals surface area contributed by atoms with Gasteiger partial charge >= 0.3 is 0 Å². The Labute approximate surface area is 123 Å². The third kappa shape index (κ3) is 3.33. The van der Waals surface area contributed by atoms with Crippen molar-refractivity contribution in [2.24, 2.45) is 17.6 Å². The Morgan fingerprint density at radius 3 is 2.70 bits per heavy atom. The van der Waals surface area contributed by atoms with E-state index >= 15 is 0 Å². The minimum Gasteiger partial charge on any atom is -0.494 e. The minimum absolute atomic E-state index is 0.279. The van der Waals surface area contributed by atoms with E-state index in [0.29, 0.717) is 13.2 Å². The van der Waals surface area contributed by atoms with Gasteiger partial charge in [0.25, 0.3) is 0 Å². The molecule has 2 rings (SSSR count). The highest BCUT2D eigenvalue weighted by Gasteiger charge is 2.31. The van der Waals surface area contributed by atoms with Gasteiger partial charge in [0.05, 0.1) is 12.6 Å². The summed E-state index contributed by atoms with van der Waals surface area (Å²) in [5, 5.41) is 0. The van der Waals surface area contributed by atoms with Gasteiger partial charge in [0, 0.05) is 18.7 Å². The van der Waals surface area contributed by atoms with Gasteiger partial charge in [-0.2, -0.15) is 0 Å². The van der Waals surface area contributed by atoms with Gasteiger partial charge in [-0.1, -0.05) is 32.0 Å². The van der Waals surface area contributed by atoms with Crippen LogP contribution in [0.15, 0.2) is 24.3 Å². The van der Waals surface area contributed by atoms with E-state index in [1.807, 2.05) is 13.0 Å². The van der Waals surface area contributed by atoms with Gasteiger partial charge in [-0.3, -0.25) is 4.90 Å². The van der Waals surface area contributed by atoms with Gasteiger partial charge in [0.2, 0.25) is 0 Å². The van der Waals surface area contributed by atoms with Crippen molar-refractivity contribution in [2.75, 3.05) is 26.2 Å². The topological polar surface area (TPSA) is 38.5 Å². The molecule has 0 saturated carbocycles. The number of nitrogens with two attached hydrogens (primary N) is 1.